The van der Waals surface area contributed by atoms with Gasteiger partial charge in [0.15, 0.2) is 0 Å². The first kappa shape index (κ1) is 13.3. The van der Waals surface area contributed by atoms with Crippen LogP contribution in [-0.4, -0.2) is 54.1 Å². The predicted octanol–water partition coefficient (Wildman–Crippen LogP) is 1.67. The van der Waals surface area contributed by atoms with Crippen LogP contribution in [0.5, 0.6) is 0 Å². The predicted molar refractivity (Wildman–Crippen MR) is 73.1 cm³/mol. The van der Waals surface area contributed by atoms with Gasteiger partial charge in [0.1, 0.15) is 0 Å². The molecule has 2 aliphatic rings. The Balaban J connectivity index is 2.06. The van der Waals surface area contributed by atoms with Gasteiger partial charge in [0.25, 0.3) is 0 Å². The molecule has 1 aliphatic carbocycles. The Morgan fingerprint density at radius 1 is 1.18 bits per heavy atom. The van der Waals surface area contributed by atoms with Crippen molar-refractivity contribution in [3.05, 3.63) is 0 Å². The summed E-state index contributed by atoms with van der Waals surface area (Å²) in [6, 6.07) is 1.36. The smallest absolute Gasteiger partial charge is 0.0349 e. The molecule has 0 aromatic heterocycles. The van der Waals surface area contributed by atoms with E-state index in [-0.39, 0.29) is 0 Å². The van der Waals surface area contributed by atoms with Crippen LogP contribution in [0, 0.1) is 0 Å². The number of likely N-dealkylation sites (N-methyl/N-ethyl adjacent to an activating group) is 1. The lowest BCUT2D eigenvalue weighted by molar-refractivity contribution is -0.0295. The normalized spacial score (nSPS) is 32.8. The molecule has 1 saturated carbocycles. The lowest BCUT2D eigenvalue weighted by Crippen LogP contribution is -2.65. The molecule has 100 valence electrons. The molecular formula is C14H29N3. The number of hydrogen-bond donors (Lipinski definition) is 1. The van der Waals surface area contributed by atoms with Gasteiger partial charge in [0.05, 0.1) is 0 Å². The van der Waals surface area contributed by atoms with Crippen LogP contribution in [0.2, 0.25) is 0 Å². The van der Waals surface area contributed by atoms with Crippen LogP contribution in [0.1, 0.15) is 46.0 Å². The highest BCUT2D eigenvalue weighted by Gasteiger charge is 2.39. The molecule has 1 saturated heterocycles. The monoisotopic (exact) mass is 239 g/mol. The number of hydrogen-bond acceptors (Lipinski definition) is 3. The quantitative estimate of drug-likeness (QED) is 0.795. The molecular weight excluding hydrogens is 210 g/mol. The highest BCUT2D eigenvalue weighted by atomic mass is 15.3. The Bertz CT molecular complexity index is 244. The van der Waals surface area contributed by atoms with Crippen molar-refractivity contribution in [2.45, 2.75) is 63.6 Å². The van der Waals surface area contributed by atoms with Crippen LogP contribution in [-0.2, 0) is 0 Å². The summed E-state index contributed by atoms with van der Waals surface area (Å²) < 4.78 is 0. The van der Waals surface area contributed by atoms with Gasteiger partial charge in [-0.25, -0.2) is 0 Å². The molecule has 2 fully saturated rings. The summed E-state index contributed by atoms with van der Waals surface area (Å²) in [5, 5.41) is 0. The van der Waals surface area contributed by atoms with E-state index in [0.29, 0.717) is 11.6 Å². The summed E-state index contributed by atoms with van der Waals surface area (Å²) in [5.74, 6) is 0. The summed E-state index contributed by atoms with van der Waals surface area (Å²) in [6.07, 6.45) is 7.02. The molecule has 0 aromatic rings. The molecule has 2 N–H and O–H groups in total. The average Bonchev–Trinajstić information content (AvgIpc) is 2.33. The van der Waals surface area contributed by atoms with Crippen molar-refractivity contribution in [1.29, 1.82) is 0 Å². The molecule has 1 aliphatic heterocycles. The summed E-state index contributed by atoms with van der Waals surface area (Å²) in [7, 11) is 2.24. The molecule has 0 amide bonds. The molecule has 17 heavy (non-hydrogen) atoms. The van der Waals surface area contributed by atoms with Crippen LogP contribution in [0.25, 0.3) is 0 Å². The second kappa shape index (κ2) is 5.25. The first-order chi connectivity index (χ1) is 8.04. The van der Waals surface area contributed by atoms with E-state index in [1.165, 1.54) is 38.6 Å². The minimum Gasteiger partial charge on any atom is -0.329 e. The van der Waals surface area contributed by atoms with Gasteiger partial charge in [-0.2, -0.15) is 0 Å². The van der Waals surface area contributed by atoms with E-state index in [2.05, 4.69) is 30.7 Å². The largest absolute Gasteiger partial charge is 0.329 e. The van der Waals surface area contributed by atoms with Gasteiger partial charge in [-0.1, -0.05) is 19.3 Å². The maximum absolute atomic E-state index is 5.98. The second-order valence-electron chi connectivity index (χ2n) is 6.55. The molecule has 3 heteroatoms. The number of piperazine rings is 1. The van der Waals surface area contributed by atoms with Crippen molar-refractivity contribution in [2.75, 3.05) is 26.7 Å². The topological polar surface area (TPSA) is 32.5 Å². The van der Waals surface area contributed by atoms with Crippen LogP contribution in [0.4, 0.5) is 0 Å². The van der Waals surface area contributed by atoms with E-state index in [4.69, 9.17) is 5.73 Å². The standard InChI is InChI=1S/C14H29N3/c1-14(2)11-17(12-7-5-4-6-8-12)13(9-15)10-16(14)3/h12-13H,4-11,15H2,1-3H3. The van der Waals surface area contributed by atoms with Gasteiger partial charge in [0, 0.05) is 37.3 Å². The number of nitrogens with zero attached hydrogens (tertiary/aromatic N) is 2. The van der Waals surface area contributed by atoms with Crippen molar-refractivity contribution < 1.29 is 0 Å². The highest BCUT2D eigenvalue weighted by molar-refractivity contribution is 4.96. The lowest BCUT2D eigenvalue weighted by Gasteiger charge is -2.52. The maximum Gasteiger partial charge on any atom is 0.0349 e. The Labute approximate surface area is 106 Å². The van der Waals surface area contributed by atoms with E-state index in [1.807, 2.05) is 0 Å². The van der Waals surface area contributed by atoms with Gasteiger partial charge in [-0.15, -0.1) is 0 Å². The van der Waals surface area contributed by atoms with E-state index < -0.39 is 0 Å². The zero-order valence-electron chi connectivity index (χ0n) is 11.8. The molecule has 0 aromatic carbocycles. The van der Waals surface area contributed by atoms with Gasteiger partial charge >= 0.3 is 0 Å². The average molecular weight is 239 g/mol. The third-order valence-electron chi connectivity index (χ3n) is 4.87. The fourth-order valence-corrected chi connectivity index (χ4v) is 3.41. The fraction of sp³-hybridized carbons (Fsp3) is 1.00. The molecule has 0 spiro atoms. The molecule has 0 radical (unpaired) electrons. The Morgan fingerprint density at radius 3 is 2.41 bits per heavy atom. The summed E-state index contributed by atoms with van der Waals surface area (Å²) in [5.41, 5.74) is 6.28. The third kappa shape index (κ3) is 2.83. The van der Waals surface area contributed by atoms with Crippen molar-refractivity contribution in [3.8, 4) is 0 Å². The van der Waals surface area contributed by atoms with Gasteiger partial charge in [-0.3, -0.25) is 9.80 Å². The molecule has 1 unspecified atom stereocenters. The minimum absolute atomic E-state index is 0.295. The van der Waals surface area contributed by atoms with Gasteiger partial charge < -0.3 is 5.73 Å². The number of rotatable bonds is 2. The van der Waals surface area contributed by atoms with Crippen LogP contribution in [0.3, 0.4) is 0 Å². The number of nitrogens with two attached hydrogens (primary N) is 1. The zero-order chi connectivity index (χ0) is 12.5. The zero-order valence-corrected chi connectivity index (χ0v) is 11.8. The molecule has 2 rings (SSSR count). The Hall–Kier alpha value is -0.120. The second-order valence-corrected chi connectivity index (χ2v) is 6.55. The van der Waals surface area contributed by atoms with Crippen LogP contribution < -0.4 is 5.73 Å². The first-order valence-electron chi connectivity index (χ1n) is 7.21. The molecule has 0 bridgehead atoms. The van der Waals surface area contributed by atoms with Crippen molar-refractivity contribution in [3.63, 3.8) is 0 Å². The summed E-state index contributed by atoms with van der Waals surface area (Å²) in [6.45, 7) is 7.82. The lowest BCUT2D eigenvalue weighted by atomic mass is 9.88. The minimum atomic E-state index is 0.295. The summed E-state index contributed by atoms with van der Waals surface area (Å²) in [4.78, 5) is 5.20. The molecule has 1 heterocycles. The first-order valence-corrected chi connectivity index (χ1v) is 7.21. The van der Waals surface area contributed by atoms with E-state index >= 15 is 0 Å². The van der Waals surface area contributed by atoms with Gasteiger partial charge in [-0.05, 0) is 33.7 Å². The maximum atomic E-state index is 5.98. The van der Waals surface area contributed by atoms with Crippen LogP contribution >= 0.6 is 0 Å². The van der Waals surface area contributed by atoms with E-state index in [0.717, 1.165) is 19.1 Å². The van der Waals surface area contributed by atoms with Crippen LogP contribution in [0.15, 0.2) is 0 Å². The van der Waals surface area contributed by atoms with Gasteiger partial charge in [0.2, 0.25) is 0 Å². The fourth-order valence-electron chi connectivity index (χ4n) is 3.41. The Morgan fingerprint density at radius 2 is 1.82 bits per heavy atom. The third-order valence-corrected chi connectivity index (χ3v) is 4.87. The Kier molecular flexibility index (Phi) is 4.11. The van der Waals surface area contributed by atoms with E-state index in [1.54, 1.807) is 0 Å². The highest BCUT2D eigenvalue weighted by Crippen LogP contribution is 2.30. The van der Waals surface area contributed by atoms with Crippen molar-refractivity contribution in [2.24, 2.45) is 5.73 Å². The SMILES string of the molecule is CN1CC(CN)N(C2CCCCC2)CC1(C)C. The molecule has 1 atom stereocenters. The van der Waals surface area contributed by atoms with E-state index in [9.17, 15) is 0 Å². The summed E-state index contributed by atoms with van der Waals surface area (Å²) >= 11 is 0. The van der Waals surface area contributed by atoms with Crippen molar-refractivity contribution in [1.82, 2.24) is 9.80 Å². The van der Waals surface area contributed by atoms with Crippen molar-refractivity contribution >= 4 is 0 Å². The molecule has 3 nitrogen and oxygen atoms in total.